The van der Waals surface area contributed by atoms with Gasteiger partial charge in [0.05, 0.1) is 10.8 Å². The summed E-state index contributed by atoms with van der Waals surface area (Å²) in [6, 6.07) is 6.43. The minimum atomic E-state index is -0.339. The fourth-order valence-corrected chi connectivity index (χ4v) is 2.79. The van der Waals surface area contributed by atoms with Crippen LogP contribution in [0.5, 0.6) is 0 Å². The predicted molar refractivity (Wildman–Crippen MR) is 84.3 cm³/mol. The maximum Gasteiger partial charge on any atom is 0.239 e. The Labute approximate surface area is 136 Å². The first-order valence-corrected chi connectivity index (χ1v) is 8.21. The molecule has 1 N–H and O–H groups in total. The van der Waals surface area contributed by atoms with Gasteiger partial charge in [0.2, 0.25) is 11.0 Å². The molecule has 2 aromatic heterocycles. The van der Waals surface area contributed by atoms with Crippen molar-refractivity contribution in [1.29, 1.82) is 0 Å². The molecule has 120 valence electrons. The zero-order valence-corrected chi connectivity index (χ0v) is 13.6. The summed E-state index contributed by atoms with van der Waals surface area (Å²) in [5.74, 6) is 1.30. The number of aromatic amines is 1. The molecule has 0 aliphatic heterocycles. The van der Waals surface area contributed by atoms with Crippen LogP contribution in [-0.4, -0.2) is 25.3 Å². The molecule has 0 saturated carbocycles. The molecule has 3 aromatic rings. The minimum absolute atomic E-state index is 0.0858. The SMILES string of the molecule is CCCc1noc([C@@H](C)Sc2n[nH]c(-c3ccccc3F)n2)n1. The van der Waals surface area contributed by atoms with Crippen molar-refractivity contribution in [3.8, 4) is 11.4 Å². The summed E-state index contributed by atoms with van der Waals surface area (Å²) in [6.07, 6.45) is 1.76. The number of H-pyrrole nitrogens is 1. The fraction of sp³-hybridized carbons (Fsp3) is 0.333. The number of aromatic nitrogens is 5. The molecule has 0 saturated heterocycles. The monoisotopic (exact) mass is 333 g/mol. The molecule has 0 spiro atoms. The lowest BCUT2D eigenvalue weighted by Gasteiger charge is -2.01. The highest BCUT2D eigenvalue weighted by Crippen LogP contribution is 2.32. The number of nitrogens with zero attached hydrogens (tertiary/aromatic N) is 4. The highest BCUT2D eigenvalue weighted by molar-refractivity contribution is 7.99. The standard InChI is InChI=1S/C15H16FN5OS/c1-3-6-12-17-14(22-21-12)9(2)23-15-18-13(19-20-15)10-7-4-5-8-11(10)16/h4-5,7-9H,3,6H2,1-2H3,(H,18,19,20)/t9-/m1/s1. The average molecular weight is 333 g/mol. The van der Waals surface area contributed by atoms with E-state index in [1.165, 1.54) is 17.8 Å². The van der Waals surface area contributed by atoms with E-state index in [0.29, 0.717) is 28.3 Å². The second-order valence-electron chi connectivity index (χ2n) is 5.01. The van der Waals surface area contributed by atoms with Crippen molar-refractivity contribution >= 4 is 11.8 Å². The van der Waals surface area contributed by atoms with Gasteiger partial charge in [0.15, 0.2) is 11.6 Å². The summed E-state index contributed by atoms with van der Waals surface area (Å²) in [6.45, 7) is 4.00. The first kappa shape index (κ1) is 15.7. The second-order valence-corrected chi connectivity index (χ2v) is 6.31. The van der Waals surface area contributed by atoms with Crippen LogP contribution >= 0.6 is 11.8 Å². The predicted octanol–water partition coefficient (Wildman–Crippen LogP) is 3.80. The summed E-state index contributed by atoms with van der Waals surface area (Å²) >= 11 is 1.38. The van der Waals surface area contributed by atoms with Crippen LogP contribution in [-0.2, 0) is 6.42 Å². The number of thioether (sulfide) groups is 1. The van der Waals surface area contributed by atoms with E-state index in [1.54, 1.807) is 18.2 Å². The molecule has 1 atom stereocenters. The Balaban J connectivity index is 1.72. The molecule has 2 heterocycles. The topological polar surface area (TPSA) is 80.5 Å². The third kappa shape index (κ3) is 3.58. The number of aryl methyl sites for hydroxylation is 1. The number of nitrogens with one attached hydrogen (secondary N) is 1. The molecule has 1 aromatic carbocycles. The van der Waals surface area contributed by atoms with Crippen molar-refractivity contribution in [1.82, 2.24) is 25.3 Å². The first-order valence-electron chi connectivity index (χ1n) is 7.33. The average Bonchev–Trinajstić information content (AvgIpc) is 3.18. The van der Waals surface area contributed by atoms with Crippen LogP contribution in [0.25, 0.3) is 11.4 Å². The first-order chi connectivity index (χ1) is 11.2. The van der Waals surface area contributed by atoms with Gasteiger partial charge in [-0.3, -0.25) is 5.10 Å². The Kier molecular flexibility index (Phi) is 4.71. The third-order valence-electron chi connectivity index (χ3n) is 3.18. The Bertz CT molecular complexity index is 788. The largest absolute Gasteiger partial charge is 0.338 e. The molecule has 0 fully saturated rings. The van der Waals surface area contributed by atoms with Gasteiger partial charge in [-0.25, -0.2) is 9.37 Å². The van der Waals surface area contributed by atoms with Gasteiger partial charge in [0.25, 0.3) is 0 Å². The molecule has 23 heavy (non-hydrogen) atoms. The fourth-order valence-electron chi connectivity index (χ4n) is 2.04. The maximum atomic E-state index is 13.8. The van der Waals surface area contributed by atoms with Gasteiger partial charge in [0, 0.05) is 6.42 Å². The Morgan fingerprint density at radius 1 is 1.30 bits per heavy atom. The quantitative estimate of drug-likeness (QED) is 0.691. The molecule has 0 unspecified atom stereocenters. The lowest BCUT2D eigenvalue weighted by Crippen LogP contribution is -1.91. The van der Waals surface area contributed by atoms with E-state index in [0.717, 1.165) is 12.8 Å². The van der Waals surface area contributed by atoms with E-state index >= 15 is 0 Å². The van der Waals surface area contributed by atoms with Crippen LogP contribution < -0.4 is 0 Å². The molecule has 6 nitrogen and oxygen atoms in total. The normalized spacial score (nSPS) is 12.5. The summed E-state index contributed by atoms with van der Waals surface area (Å²) < 4.78 is 19.0. The van der Waals surface area contributed by atoms with Crippen LogP contribution in [0.15, 0.2) is 33.9 Å². The smallest absolute Gasteiger partial charge is 0.239 e. The van der Waals surface area contributed by atoms with Crippen LogP contribution in [0.3, 0.4) is 0 Å². The lowest BCUT2D eigenvalue weighted by molar-refractivity contribution is 0.374. The van der Waals surface area contributed by atoms with Gasteiger partial charge >= 0.3 is 0 Å². The maximum absolute atomic E-state index is 13.8. The van der Waals surface area contributed by atoms with Gasteiger partial charge in [-0.05, 0) is 25.5 Å². The Morgan fingerprint density at radius 3 is 2.91 bits per heavy atom. The number of benzene rings is 1. The summed E-state index contributed by atoms with van der Waals surface area (Å²) in [5.41, 5.74) is 0.391. The second kappa shape index (κ2) is 6.91. The van der Waals surface area contributed by atoms with E-state index in [9.17, 15) is 4.39 Å². The third-order valence-corrected chi connectivity index (χ3v) is 4.13. The van der Waals surface area contributed by atoms with Gasteiger partial charge in [-0.2, -0.15) is 4.98 Å². The van der Waals surface area contributed by atoms with Crippen molar-refractivity contribution in [3.05, 3.63) is 41.8 Å². The van der Waals surface area contributed by atoms with Gasteiger partial charge in [-0.15, -0.1) is 5.10 Å². The molecular weight excluding hydrogens is 317 g/mol. The summed E-state index contributed by atoms with van der Waals surface area (Å²) in [7, 11) is 0. The van der Waals surface area contributed by atoms with Crippen molar-refractivity contribution in [2.24, 2.45) is 0 Å². The molecule has 0 bridgehead atoms. The zero-order chi connectivity index (χ0) is 16.2. The van der Waals surface area contributed by atoms with Gasteiger partial charge < -0.3 is 4.52 Å². The van der Waals surface area contributed by atoms with Crippen LogP contribution in [0, 0.1) is 5.82 Å². The molecule has 8 heteroatoms. The van der Waals surface area contributed by atoms with Gasteiger partial charge in [0.1, 0.15) is 5.82 Å². The summed E-state index contributed by atoms with van der Waals surface area (Å²) in [4.78, 5) is 8.67. The Hall–Kier alpha value is -2.22. The molecule has 0 aliphatic rings. The van der Waals surface area contributed by atoms with Crippen LogP contribution in [0.1, 0.15) is 37.2 Å². The van der Waals surface area contributed by atoms with E-state index in [2.05, 4.69) is 32.2 Å². The van der Waals surface area contributed by atoms with Crippen LogP contribution in [0.4, 0.5) is 4.39 Å². The minimum Gasteiger partial charge on any atom is -0.338 e. The number of hydrogen-bond donors (Lipinski definition) is 1. The summed E-state index contributed by atoms with van der Waals surface area (Å²) in [5, 5.41) is 11.2. The molecule has 0 amide bonds. The number of hydrogen-bond acceptors (Lipinski definition) is 6. The van der Waals surface area contributed by atoms with Crippen LogP contribution in [0.2, 0.25) is 0 Å². The van der Waals surface area contributed by atoms with E-state index in [1.807, 2.05) is 6.92 Å². The van der Waals surface area contributed by atoms with E-state index in [-0.39, 0.29) is 11.1 Å². The molecule has 3 rings (SSSR count). The Morgan fingerprint density at radius 2 is 2.13 bits per heavy atom. The van der Waals surface area contributed by atoms with E-state index in [4.69, 9.17) is 4.52 Å². The number of rotatable bonds is 6. The molecule has 0 aliphatic carbocycles. The highest BCUT2D eigenvalue weighted by Gasteiger charge is 2.18. The highest BCUT2D eigenvalue weighted by atomic mass is 32.2. The molecule has 0 radical (unpaired) electrons. The van der Waals surface area contributed by atoms with Crippen molar-refractivity contribution in [3.63, 3.8) is 0 Å². The van der Waals surface area contributed by atoms with E-state index < -0.39 is 0 Å². The van der Waals surface area contributed by atoms with Gasteiger partial charge in [-0.1, -0.05) is 36.0 Å². The lowest BCUT2D eigenvalue weighted by atomic mass is 10.2. The zero-order valence-electron chi connectivity index (χ0n) is 12.8. The molecular formula is C15H16FN5OS. The van der Waals surface area contributed by atoms with Crippen molar-refractivity contribution in [2.45, 2.75) is 37.1 Å². The van der Waals surface area contributed by atoms with Crippen molar-refractivity contribution in [2.75, 3.05) is 0 Å². The van der Waals surface area contributed by atoms with Crippen molar-refractivity contribution < 1.29 is 8.91 Å². The number of halogens is 1.